The Morgan fingerprint density at radius 1 is 1.12 bits per heavy atom. The van der Waals surface area contributed by atoms with Gasteiger partial charge in [0, 0.05) is 31.2 Å². The second-order valence-corrected chi connectivity index (χ2v) is 5.59. The number of hydrogen-bond acceptors (Lipinski definition) is 5. The lowest BCUT2D eigenvalue weighted by Gasteiger charge is -2.09. The predicted octanol–water partition coefficient (Wildman–Crippen LogP) is 2.46. The minimum absolute atomic E-state index is 0.236. The Morgan fingerprint density at radius 2 is 2.04 bits per heavy atom. The topological polar surface area (TPSA) is 96.8 Å². The monoisotopic (exact) mass is 351 g/mol. The molecule has 0 bridgehead atoms. The number of amides is 2. The molecular formula is C18H21N7O. The first kappa shape index (κ1) is 17.4. The van der Waals surface area contributed by atoms with E-state index >= 15 is 0 Å². The first-order valence-electron chi connectivity index (χ1n) is 8.46. The van der Waals surface area contributed by atoms with Gasteiger partial charge in [0.15, 0.2) is 5.82 Å². The molecule has 0 unspecified atom stereocenters. The van der Waals surface area contributed by atoms with Crippen molar-refractivity contribution in [1.29, 1.82) is 0 Å². The number of aryl methyl sites for hydroxylation is 1. The number of hydrogen-bond donors (Lipinski definition) is 3. The minimum atomic E-state index is -0.236. The summed E-state index contributed by atoms with van der Waals surface area (Å²) in [6.07, 6.45) is 4.42. The Labute approximate surface area is 151 Å². The third-order valence-corrected chi connectivity index (χ3v) is 3.70. The second kappa shape index (κ2) is 8.61. The standard InChI is InChI=1S/C18H21N7O/c1-2-14-5-3-6-15(13-14)22-18(26)20-11-10-19-16-7-8-17(24-23-16)25-12-4-9-21-25/h3-9,12-13H,2,10-11H2,1H3,(H,19,23)(H2,20,22,26). The summed E-state index contributed by atoms with van der Waals surface area (Å²) >= 11 is 0. The minimum Gasteiger partial charge on any atom is -0.367 e. The summed E-state index contributed by atoms with van der Waals surface area (Å²) in [6.45, 7) is 3.08. The van der Waals surface area contributed by atoms with Crippen LogP contribution in [0.15, 0.2) is 54.9 Å². The predicted molar refractivity (Wildman–Crippen MR) is 100 cm³/mol. The lowest BCUT2D eigenvalue weighted by Crippen LogP contribution is -2.32. The van der Waals surface area contributed by atoms with Gasteiger partial charge in [-0.2, -0.15) is 5.10 Å². The molecule has 0 aliphatic rings. The maximum absolute atomic E-state index is 11.9. The van der Waals surface area contributed by atoms with Crippen molar-refractivity contribution in [1.82, 2.24) is 25.3 Å². The van der Waals surface area contributed by atoms with Crippen molar-refractivity contribution in [3.8, 4) is 5.82 Å². The Morgan fingerprint density at radius 3 is 2.77 bits per heavy atom. The average Bonchev–Trinajstić information content (AvgIpc) is 3.21. The quantitative estimate of drug-likeness (QED) is 0.568. The number of anilines is 2. The zero-order chi connectivity index (χ0) is 18.2. The molecule has 0 spiro atoms. The first-order valence-corrected chi connectivity index (χ1v) is 8.46. The van der Waals surface area contributed by atoms with Crippen LogP contribution in [0.5, 0.6) is 0 Å². The Hall–Kier alpha value is -3.42. The van der Waals surface area contributed by atoms with Gasteiger partial charge in [-0.25, -0.2) is 9.48 Å². The Balaban J connectivity index is 1.40. The van der Waals surface area contributed by atoms with Crippen LogP contribution in [0.2, 0.25) is 0 Å². The fraction of sp³-hybridized carbons (Fsp3) is 0.222. The molecule has 0 radical (unpaired) electrons. The fourth-order valence-electron chi connectivity index (χ4n) is 2.36. The number of benzene rings is 1. The zero-order valence-electron chi connectivity index (χ0n) is 14.5. The van der Waals surface area contributed by atoms with Crippen molar-refractivity contribution in [3.05, 3.63) is 60.4 Å². The molecule has 3 aromatic rings. The van der Waals surface area contributed by atoms with Crippen molar-refractivity contribution < 1.29 is 4.79 Å². The summed E-state index contributed by atoms with van der Waals surface area (Å²) in [4.78, 5) is 11.9. The number of nitrogens with zero attached hydrogens (tertiary/aromatic N) is 4. The molecule has 0 aliphatic heterocycles. The summed E-state index contributed by atoms with van der Waals surface area (Å²) in [5.41, 5.74) is 1.97. The molecule has 26 heavy (non-hydrogen) atoms. The van der Waals surface area contributed by atoms with Gasteiger partial charge in [0.1, 0.15) is 5.82 Å². The van der Waals surface area contributed by atoms with E-state index in [2.05, 4.69) is 38.2 Å². The number of carbonyl (C=O) groups excluding carboxylic acids is 1. The van der Waals surface area contributed by atoms with E-state index in [-0.39, 0.29) is 6.03 Å². The van der Waals surface area contributed by atoms with Crippen molar-refractivity contribution in [3.63, 3.8) is 0 Å². The highest BCUT2D eigenvalue weighted by Gasteiger charge is 2.03. The van der Waals surface area contributed by atoms with Gasteiger partial charge in [0.05, 0.1) is 0 Å². The summed E-state index contributed by atoms with van der Waals surface area (Å²) in [5.74, 6) is 1.28. The number of rotatable bonds is 7. The van der Waals surface area contributed by atoms with E-state index in [9.17, 15) is 4.79 Å². The van der Waals surface area contributed by atoms with Gasteiger partial charge >= 0.3 is 6.03 Å². The molecule has 2 aromatic heterocycles. The molecule has 8 heteroatoms. The van der Waals surface area contributed by atoms with Gasteiger partial charge in [-0.3, -0.25) is 0 Å². The molecule has 2 heterocycles. The highest BCUT2D eigenvalue weighted by molar-refractivity contribution is 5.89. The van der Waals surface area contributed by atoms with E-state index in [0.717, 1.165) is 12.1 Å². The molecule has 0 saturated carbocycles. The van der Waals surface area contributed by atoms with Crippen LogP contribution in [0.25, 0.3) is 5.82 Å². The summed E-state index contributed by atoms with van der Waals surface area (Å²) in [5, 5.41) is 21.0. The van der Waals surface area contributed by atoms with Gasteiger partial charge in [-0.05, 0) is 42.3 Å². The Kier molecular flexibility index (Phi) is 5.76. The van der Waals surface area contributed by atoms with Crippen LogP contribution < -0.4 is 16.0 Å². The first-order chi connectivity index (χ1) is 12.7. The maximum atomic E-state index is 11.9. The average molecular weight is 351 g/mol. The van der Waals surface area contributed by atoms with Gasteiger partial charge in [-0.1, -0.05) is 19.1 Å². The summed E-state index contributed by atoms with van der Waals surface area (Å²) < 4.78 is 1.64. The fourth-order valence-corrected chi connectivity index (χ4v) is 2.36. The second-order valence-electron chi connectivity index (χ2n) is 5.59. The highest BCUT2D eigenvalue weighted by atomic mass is 16.2. The van der Waals surface area contributed by atoms with E-state index in [0.29, 0.717) is 24.7 Å². The molecule has 8 nitrogen and oxygen atoms in total. The molecule has 1 aromatic carbocycles. The van der Waals surface area contributed by atoms with Crippen LogP contribution in [-0.2, 0) is 6.42 Å². The third kappa shape index (κ3) is 4.79. The SMILES string of the molecule is CCc1cccc(NC(=O)NCCNc2ccc(-n3cccn3)nn2)c1. The van der Waals surface area contributed by atoms with Crippen LogP contribution in [-0.4, -0.2) is 39.1 Å². The number of carbonyl (C=O) groups is 1. The van der Waals surface area contributed by atoms with E-state index in [1.165, 1.54) is 5.56 Å². The van der Waals surface area contributed by atoms with Gasteiger partial charge < -0.3 is 16.0 Å². The van der Waals surface area contributed by atoms with E-state index in [1.807, 2.05) is 42.5 Å². The zero-order valence-corrected chi connectivity index (χ0v) is 14.5. The molecule has 0 saturated heterocycles. The van der Waals surface area contributed by atoms with Crippen LogP contribution in [0.4, 0.5) is 16.3 Å². The van der Waals surface area contributed by atoms with Crippen molar-refractivity contribution in [2.75, 3.05) is 23.7 Å². The maximum Gasteiger partial charge on any atom is 0.319 e. The third-order valence-electron chi connectivity index (χ3n) is 3.70. The number of urea groups is 1. The van der Waals surface area contributed by atoms with Crippen LogP contribution in [0, 0.1) is 0 Å². The summed E-state index contributed by atoms with van der Waals surface area (Å²) in [6, 6.07) is 13.0. The van der Waals surface area contributed by atoms with Crippen molar-refractivity contribution in [2.45, 2.75) is 13.3 Å². The van der Waals surface area contributed by atoms with Gasteiger partial charge in [0.25, 0.3) is 0 Å². The molecule has 3 N–H and O–H groups in total. The summed E-state index contributed by atoms with van der Waals surface area (Å²) in [7, 11) is 0. The highest BCUT2D eigenvalue weighted by Crippen LogP contribution is 2.10. The van der Waals surface area contributed by atoms with Crippen molar-refractivity contribution in [2.24, 2.45) is 0 Å². The molecule has 134 valence electrons. The van der Waals surface area contributed by atoms with Crippen LogP contribution in [0.1, 0.15) is 12.5 Å². The normalized spacial score (nSPS) is 10.3. The molecular weight excluding hydrogens is 330 g/mol. The van der Waals surface area contributed by atoms with E-state index in [1.54, 1.807) is 17.1 Å². The molecule has 0 aliphatic carbocycles. The lowest BCUT2D eigenvalue weighted by atomic mass is 10.1. The van der Waals surface area contributed by atoms with Crippen LogP contribution >= 0.6 is 0 Å². The van der Waals surface area contributed by atoms with Gasteiger partial charge in [-0.15, -0.1) is 10.2 Å². The smallest absolute Gasteiger partial charge is 0.319 e. The molecule has 0 fully saturated rings. The van der Waals surface area contributed by atoms with Crippen molar-refractivity contribution >= 4 is 17.5 Å². The van der Waals surface area contributed by atoms with E-state index < -0.39 is 0 Å². The molecule has 2 amide bonds. The van der Waals surface area contributed by atoms with Crippen LogP contribution in [0.3, 0.4) is 0 Å². The lowest BCUT2D eigenvalue weighted by molar-refractivity contribution is 0.252. The molecule has 0 atom stereocenters. The Bertz CT molecular complexity index is 831. The van der Waals surface area contributed by atoms with Gasteiger partial charge in [0.2, 0.25) is 0 Å². The number of nitrogens with one attached hydrogen (secondary N) is 3. The van der Waals surface area contributed by atoms with E-state index in [4.69, 9.17) is 0 Å². The largest absolute Gasteiger partial charge is 0.367 e. The molecule has 3 rings (SSSR count). The number of aromatic nitrogens is 4.